The number of rotatable bonds is 10. The second-order valence-electron chi connectivity index (χ2n) is 6.40. The van der Waals surface area contributed by atoms with Gasteiger partial charge in [-0.05, 0) is 37.2 Å². The number of hydrogen-bond donors (Lipinski definition) is 2. The molecule has 0 aliphatic heterocycles. The van der Waals surface area contributed by atoms with Gasteiger partial charge in [-0.25, -0.2) is 4.79 Å². The van der Waals surface area contributed by atoms with Gasteiger partial charge in [-0.15, -0.1) is 0 Å². The molecular weight excluding hydrogens is 350 g/mol. The molecule has 2 amide bonds. The fourth-order valence-corrected chi connectivity index (χ4v) is 2.44. The highest BCUT2D eigenvalue weighted by Gasteiger charge is 2.27. The predicted molar refractivity (Wildman–Crippen MR) is 103 cm³/mol. The van der Waals surface area contributed by atoms with Gasteiger partial charge in [-0.3, -0.25) is 14.5 Å². The molecule has 1 rings (SSSR count). The van der Waals surface area contributed by atoms with E-state index >= 15 is 0 Å². The summed E-state index contributed by atoms with van der Waals surface area (Å²) < 4.78 is 9.81. The quantitative estimate of drug-likeness (QED) is 0.594. The first-order valence-electron chi connectivity index (χ1n) is 8.80. The van der Waals surface area contributed by atoms with Crippen LogP contribution in [0.15, 0.2) is 24.3 Å². The van der Waals surface area contributed by atoms with E-state index in [-0.39, 0.29) is 30.8 Å². The minimum atomic E-state index is -0.700. The number of ether oxygens (including phenoxy) is 2. The molecule has 0 saturated heterocycles. The van der Waals surface area contributed by atoms with E-state index in [0.29, 0.717) is 11.4 Å². The highest BCUT2D eigenvalue weighted by molar-refractivity contribution is 5.92. The summed E-state index contributed by atoms with van der Waals surface area (Å²) in [5.41, 5.74) is 0.640. The molecule has 0 bridgehead atoms. The molecule has 2 N–H and O–H groups in total. The average molecular weight is 379 g/mol. The Morgan fingerprint density at radius 2 is 1.67 bits per heavy atom. The van der Waals surface area contributed by atoms with Gasteiger partial charge in [0.1, 0.15) is 11.8 Å². The number of carbonyl (C=O) groups excluding carboxylic acids is 3. The van der Waals surface area contributed by atoms with Gasteiger partial charge in [0.15, 0.2) is 0 Å². The lowest BCUT2D eigenvalue weighted by Gasteiger charge is -2.23. The van der Waals surface area contributed by atoms with Crippen molar-refractivity contribution in [1.82, 2.24) is 10.2 Å². The van der Waals surface area contributed by atoms with Crippen LogP contribution in [0.4, 0.5) is 5.69 Å². The Labute approximate surface area is 160 Å². The van der Waals surface area contributed by atoms with Gasteiger partial charge in [0, 0.05) is 5.69 Å². The summed E-state index contributed by atoms with van der Waals surface area (Å²) >= 11 is 0. The van der Waals surface area contributed by atoms with Crippen molar-refractivity contribution < 1.29 is 23.9 Å². The molecule has 1 aromatic carbocycles. The van der Waals surface area contributed by atoms with Crippen molar-refractivity contribution >= 4 is 23.5 Å². The van der Waals surface area contributed by atoms with Crippen LogP contribution in [-0.2, 0) is 19.1 Å². The standard InChI is InChI=1S/C19H29N3O5/c1-6-13(2)18(19(25)27-5)21-17(24)12-22(3)11-16(23)20-14-7-9-15(26-4)10-8-14/h7-10,13,18H,6,11-12H2,1-5H3,(H,20,23)(H,21,24)/t13-,18+/m0/s1. The topological polar surface area (TPSA) is 97.0 Å². The van der Waals surface area contributed by atoms with E-state index in [9.17, 15) is 14.4 Å². The Morgan fingerprint density at radius 3 is 2.19 bits per heavy atom. The lowest BCUT2D eigenvalue weighted by Crippen LogP contribution is -2.49. The molecule has 2 atom stereocenters. The summed E-state index contributed by atoms with van der Waals surface area (Å²) in [7, 11) is 4.52. The summed E-state index contributed by atoms with van der Waals surface area (Å²) in [6.45, 7) is 3.82. The molecule has 0 fully saturated rings. The van der Waals surface area contributed by atoms with Gasteiger partial charge < -0.3 is 20.1 Å². The van der Waals surface area contributed by atoms with Crippen LogP contribution in [0.1, 0.15) is 20.3 Å². The highest BCUT2D eigenvalue weighted by atomic mass is 16.5. The van der Waals surface area contributed by atoms with Crippen LogP contribution in [0, 0.1) is 5.92 Å². The van der Waals surface area contributed by atoms with E-state index in [1.165, 1.54) is 7.11 Å². The summed E-state index contributed by atoms with van der Waals surface area (Å²) in [6.07, 6.45) is 0.722. The van der Waals surface area contributed by atoms with E-state index in [2.05, 4.69) is 10.6 Å². The maximum Gasteiger partial charge on any atom is 0.328 e. The van der Waals surface area contributed by atoms with Gasteiger partial charge in [0.2, 0.25) is 11.8 Å². The van der Waals surface area contributed by atoms with Crippen molar-refractivity contribution in [3.63, 3.8) is 0 Å². The van der Waals surface area contributed by atoms with Crippen LogP contribution in [0.2, 0.25) is 0 Å². The van der Waals surface area contributed by atoms with Crippen molar-refractivity contribution in [3.05, 3.63) is 24.3 Å². The number of anilines is 1. The van der Waals surface area contributed by atoms with Crippen molar-refractivity contribution in [2.45, 2.75) is 26.3 Å². The maximum atomic E-state index is 12.2. The second-order valence-corrected chi connectivity index (χ2v) is 6.40. The van der Waals surface area contributed by atoms with Gasteiger partial charge >= 0.3 is 5.97 Å². The maximum absolute atomic E-state index is 12.2. The van der Waals surface area contributed by atoms with Crippen molar-refractivity contribution in [2.75, 3.05) is 39.7 Å². The molecule has 0 aliphatic rings. The van der Waals surface area contributed by atoms with Gasteiger partial charge in [0.05, 0.1) is 27.3 Å². The molecule has 0 radical (unpaired) electrons. The molecule has 0 aliphatic carbocycles. The molecule has 0 saturated carbocycles. The number of nitrogens with zero attached hydrogens (tertiary/aromatic N) is 1. The highest BCUT2D eigenvalue weighted by Crippen LogP contribution is 2.14. The summed E-state index contributed by atoms with van der Waals surface area (Å²) in [4.78, 5) is 37.7. The van der Waals surface area contributed by atoms with E-state index in [1.807, 2.05) is 13.8 Å². The zero-order valence-electron chi connectivity index (χ0n) is 16.6. The fourth-order valence-electron chi connectivity index (χ4n) is 2.44. The van der Waals surface area contributed by atoms with Crippen molar-refractivity contribution in [3.8, 4) is 5.75 Å². The molecule has 8 nitrogen and oxygen atoms in total. The van der Waals surface area contributed by atoms with Crippen LogP contribution < -0.4 is 15.4 Å². The summed E-state index contributed by atoms with van der Waals surface area (Å²) in [6, 6.07) is 6.25. The van der Waals surface area contributed by atoms with Crippen molar-refractivity contribution in [2.24, 2.45) is 5.92 Å². The number of nitrogens with one attached hydrogen (secondary N) is 2. The third-order valence-electron chi connectivity index (χ3n) is 4.19. The summed E-state index contributed by atoms with van der Waals surface area (Å²) in [5.74, 6) is -0.418. The fraction of sp³-hybridized carbons (Fsp3) is 0.526. The number of benzene rings is 1. The van der Waals surface area contributed by atoms with Gasteiger partial charge in [-0.1, -0.05) is 20.3 Å². The third-order valence-corrected chi connectivity index (χ3v) is 4.19. The Bertz CT molecular complexity index is 633. The van der Waals surface area contributed by atoms with Crippen LogP contribution in [0.3, 0.4) is 0 Å². The molecule has 1 aromatic rings. The molecule has 0 unspecified atom stereocenters. The number of amides is 2. The number of methoxy groups -OCH3 is 2. The normalized spacial score (nSPS) is 12.8. The van der Waals surface area contributed by atoms with Gasteiger partial charge in [0.25, 0.3) is 0 Å². The average Bonchev–Trinajstić information content (AvgIpc) is 2.65. The number of likely N-dealkylation sites (N-methyl/N-ethyl adjacent to an activating group) is 1. The number of hydrogen-bond acceptors (Lipinski definition) is 6. The Kier molecular flexibility index (Phi) is 9.29. The Balaban J connectivity index is 2.51. The van der Waals surface area contributed by atoms with Crippen LogP contribution in [0.5, 0.6) is 5.75 Å². The lowest BCUT2D eigenvalue weighted by atomic mass is 9.99. The van der Waals surface area contributed by atoms with Crippen LogP contribution >= 0.6 is 0 Å². The number of carbonyl (C=O) groups is 3. The van der Waals surface area contributed by atoms with E-state index < -0.39 is 12.0 Å². The monoisotopic (exact) mass is 379 g/mol. The zero-order chi connectivity index (χ0) is 20.4. The van der Waals surface area contributed by atoms with Crippen LogP contribution in [0.25, 0.3) is 0 Å². The molecular formula is C19H29N3O5. The third kappa shape index (κ3) is 7.65. The van der Waals surface area contributed by atoms with E-state index in [4.69, 9.17) is 9.47 Å². The first-order chi connectivity index (χ1) is 12.8. The zero-order valence-corrected chi connectivity index (χ0v) is 16.6. The largest absolute Gasteiger partial charge is 0.497 e. The van der Waals surface area contributed by atoms with Gasteiger partial charge in [-0.2, -0.15) is 0 Å². The Hall–Kier alpha value is -2.61. The number of esters is 1. The van der Waals surface area contributed by atoms with E-state index in [1.54, 1.807) is 43.3 Å². The molecule has 8 heteroatoms. The smallest absolute Gasteiger partial charge is 0.328 e. The van der Waals surface area contributed by atoms with Crippen LogP contribution in [-0.4, -0.2) is 63.1 Å². The predicted octanol–water partition coefficient (Wildman–Crippen LogP) is 1.27. The van der Waals surface area contributed by atoms with E-state index in [0.717, 1.165) is 6.42 Å². The molecule has 150 valence electrons. The Morgan fingerprint density at radius 1 is 1.07 bits per heavy atom. The molecule has 0 spiro atoms. The summed E-state index contributed by atoms with van der Waals surface area (Å²) in [5, 5.41) is 5.44. The SMILES string of the molecule is CC[C@H](C)[C@@H](NC(=O)CN(C)CC(=O)Nc1ccc(OC)cc1)C(=O)OC. The minimum absolute atomic E-state index is 0.0139. The first kappa shape index (κ1) is 22.4. The first-order valence-corrected chi connectivity index (χ1v) is 8.80. The van der Waals surface area contributed by atoms with Crippen molar-refractivity contribution in [1.29, 1.82) is 0 Å². The second kappa shape index (κ2) is 11.2. The molecule has 27 heavy (non-hydrogen) atoms. The minimum Gasteiger partial charge on any atom is -0.497 e. The lowest BCUT2D eigenvalue weighted by molar-refractivity contribution is -0.146. The molecule has 0 aromatic heterocycles. The molecule has 0 heterocycles.